The summed E-state index contributed by atoms with van der Waals surface area (Å²) < 4.78 is 30.8. The third-order valence-corrected chi connectivity index (χ3v) is 6.09. The monoisotopic (exact) mass is 431 g/mol. The molecule has 1 heterocycles. The van der Waals surface area contributed by atoms with Crippen molar-refractivity contribution in [2.75, 3.05) is 26.5 Å². The SMILES string of the molecule is CCOP(=O)(CCC[n+]1c(C)ccc2cc(OC)ccc21)OCC.[Br-]. The van der Waals surface area contributed by atoms with Crippen LogP contribution in [0.2, 0.25) is 0 Å². The van der Waals surface area contributed by atoms with Crippen LogP contribution >= 0.6 is 7.60 Å². The lowest BCUT2D eigenvalue weighted by Crippen LogP contribution is -3.00. The van der Waals surface area contributed by atoms with Crippen LogP contribution in [-0.4, -0.2) is 26.5 Å². The smallest absolute Gasteiger partial charge is 0.330 e. The van der Waals surface area contributed by atoms with Crippen molar-refractivity contribution in [2.24, 2.45) is 0 Å². The summed E-state index contributed by atoms with van der Waals surface area (Å²) >= 11 is 0. The highest BCUT2D eigenvalue weighted by Gasteiger charge is 2.24. The average Bonchev–Trinajstić information content (AvgIpc) is 2.57. The number of hydrogen-bond donors (Lipinski definition) is 0. The molecule has 0 fully saturated rings. The molecule has 1 aromatic heterocycles. The van der Waals surface area contributed by atoms with Crippen LogP contribution in [-0.2, 0) is 20.2 Å². The first-order chi connectivity index (χ1) is 11.5. The first-order valence-corrected chi connectivity index (χ1v) is 10.1. The second-order valence-electron chi connectivity index (χ2n) is 5.57. The summed E-state index contributed by atoms with van der Waals surface area (Å²) in [5.41, 5.74) is 2.30. The summed E-state index contributed by atoms with van der Waals surface area (Å²) in [6.45, 7) is 7.31. The Balaban J connectivity index is 0.00000312. The molecule has 0 aliphatic carbocycles. The van der Waals surface area contributed by atoms with Crippen molar-refractivity contribution < 1.29 is 39.9 Å². The van der Waals surface area contributed by atoms with E-state index in [1.807, 2.05) is 26.0 Å². The van der Waals surface area contributed by atoms with Crippen LogP contribution in [0.15, 0.2) is 30.3 Å². The molecule has 0 unspecified atom stereocenters. The molecule has 25 heavy (non-hydrogen) atoms. The van der Waals surface area contributed by atoms with Crippen molar-refractivity contribution in [3.8, 4) is 5.75 Å². The van der Waals surface area contributed by atoms with E-state index in [9.17, 15) is 4.57 Å². The zero-order valence-electron chi connectivity index (χ0n) is 15.3. The minimum Gasteiger partial charge on any atom is -1.00 e. The molecule has 0 N–H and O–H groups in total. The number of halogens is 1. The lowest BCUT2D eigenvalue weighted by Gasteiger charge is -2.16. The van der Waals surface area contributed by atoms with Crippen LogP contribution in [0.4, 0.5) is 0 Å². The Kier molecular flexibility index (Phi) is 9.08. The van der Waals surface area contributed by atoms with E-state index in [4.69, 9.17) is 13.8 Å². The fourth-order valence-corrected chi connectivity index (χ4v) is 4.46. The van der Waals surface area contributed by atoms with E-state index in [0.717, 1.165) is 35.3 Å². The van der Waals surface area contributed by atoms with Crippen LogP contribution in [0, 0.1) is 6.92 Å². The molecule has 0 aliphatic rings. The maximum atomic E-state index is 12.6. The van der Waals surface area contributed by atoms with Gasteiger partial charge in [-0.15, -0.1) is 0 Å². The second-order valence-corrected chi connectivity index (χ2v) is 7.76. The van der Waals surface area contributed by atoms with Gasteiger partial charge in [0.15, 0.2) is 5.69 Å². The summed E-state index contributed by atoms with van der Waals surface area (Å²) in [4.78, 5) is 0. The van der Waals surface area contributed by atoms with Crippen molar-refractivity contribution in [2.45, 2.75) is 33.7 Å². The molecule has 0 spiro atoms. The van der Waals surface area contributed by atoms with Gasteiger partial charge in [0.2, 0.25) is 5.52 Å². The fraction of sp³-hybridized carbons (Fsp3) is 0.500. The summed E-state index contributed by atoms with van der Waals surface area (Å²) in [5, 5.41) is 1.12. The Morgan fingerprint density at radius 3 is 2.36 bits per heavy atom. The molecule has 2 rings (SSSR count). The Labute approximate surface area is 160 Å². The molecule has 2 aromatic rings. The average molecular weight is 432 g/mol. The summed E-state index contributed by atoms with van der Waals surface area (Å²) in [5.74, 6) is 0.843. The predicted molar refractivity (Wildman–Crippen MR) is 95.8 cm³/mol. The van der Waals surface area contributed by atoms with E-state index < -0.39 is 7.60 Å². The molecule has 1 aromatic carbocycles. The van der Waals surface area contributed by atoms with E-state index in [2.05, 4.69) is 29.7 Å². The second kappa shape index (κ2) is 10.3. The lowest BCUT2D eigenvalue weighted by atomic mass is 10.1. The van der Waals surface area contributed by atoms with Gasteiger partial charge in [0.1, 0.15) is 12.3 Å². The Bertz CT molecular complexity index is 728. The number of ether oxygens (including phenoxy) is 1. The standard InChI is InChI=1S/C18H27NO4P.BrH/c1-5-22-24(20,23-6-2)13-7-12-19-15(3)8-9-16-14-17(21-4)10-11-18(16)19;/h8-11,14H,5-7,12-13H2,1-4H3;1H/q+1;/p-1. The van der Waals surface area contributed by atoms with Gasteiger partial charge in [0.25, 0.3) is 0 Å². The molecule has 0 saturated carbocycles. The van der Waals surface area contributed by atoms with E-state index in [1.54, 1.807) is 7.11 Å². The number of pyridine rings is 1. The number of hydrogen-bond acceptors (Lipinski definition) is 4. The largest absolute Gasteiger partial charge is 1.00 e. The predicted octanol–water partition coefficient (Wildman–Crippen LogP) is 1.10. The van der Waals surface area contributed by atoms with Gasteiger partial charge in [-0.3, -0.25) is 4.57 Å². The number of aromatic nitrogens is 1. The maximum absolute atomic E-state index is 12.6. The van der Waals surface area contributed by atoms with Crippen LogP contribution in [0.3, 0.4) is 0 Å². The fourth-order valence-electron chi connectivity index (χ4n) is 2.81. The van der Waals surface area contributed by atoms with E-state index in [0.29, 0.717) is 19.4 Å². The Hall–Kier alpha value is -0.940. The number of benzene rings is 1. The Morgan fingerprint density at radius 1 is 1.08 bits per heavy atom. The van der Waals surface area contributed by atoms with Crippen molar-refractivity contribution in [1.29, 1.82) is 0 Å². The number of aryl methyl sites for hydroxylation is 2. The van der Waals surface area contributed by atoms with Crippen molar-refractivity contribution in [3.63, 3.8) is 0 Å². The van der Waals surface area contributed by atoms with Gasteiger partial charge in [0, 0.05) is 25.5 Å². The lowest BCUT2D eigenvalue weighted by molar-refractivity contribution is -0.677. The molecule has 0 atom stereocenters. The molecular weight excluding hydrogens is 405 g/mol. The van der Waals surface area contributed by atoms with Gasteiger partial charge >= 0.3 is 7.60 Å². The molecule has 0 amide bonds. The highest BCUT2D eigenvalue weighted by atomic mass is 79.9. The number of rotatable bonds is 9. The quantitative estimate of drug-likeness (QED) is 0.440. The number of nitrogens with zero attached hydrogens (tertiary/aromatic N) is 1. The first-order valence-electron chi connectivity index (χ1n) is 8.38. The normalized spacial score (nSPS) is 11.4. The van der Waals surface area contributed by atoms with Crippen molar-refractivity contribution in [1.82, 2.24) is 0 Å². The third-order valence-electron chi connectivity index (χ3n) is 3.92. The highest BCUT2D eigenvalue weighted by molar-refractivity contribution is 7.53. The number of fused-ring (bicyclic) bond motifs is 1. The zero-order valence-corrected chi connectivity index (χ0v) is 17.8. The minimum absolute atomic E-state index is 0. The number of methoxy groups -OCH3 is 1. The topological polar surface area (TPSA) is 48.6 Å². The van der Waals surface area contributed by atoms with Gasteiger partial charge in [-0.1, -0.05) is 0 Å². The van der Waals surface area contributed by atoms with Gasteiger partial charge in [-0.2, -0.15) is 4.57 Å². The highest BCUT2D eigenvalue weighted by Crippen LogP contribution is 2.48. The molecule has 0 aliphatic heterocycles. The summed E-state index contributed by atoms with van der Waals surface area (Å²) in [7, 11) is -1.31. The first kappa shape index (κ1) is 22.1. The van der Waals surface area contributed by atoms with Crippen LogP contribution in [0.5, 0.6) is 5.75 Å². The maximum Gasteiger partial charge on any atom is 0.330 e. The Morgan fingerprint density at radius 2 is 1.76 bits per heavy atom. The molecule has 140 valence electrons. The van der Waals surface area contributed by atoms with E-state index >= 15 is 0 Å². The van der Waals surface area contributed by atoms with Crippen LogP contribution in [0.25, 0.3) is 10.9 Å². The summed E-state index contributed by atoms with van der Waals surface area (Å²) in [6.07, 6.45) is 1.15. The van der Waals surface area contributed by atoms with Gasteiger partial charge in [-0.05, 0) is 32.0 Å². The van der Waals surface area contributed by atoms with Gasteiger partial charge in [-0.25, -0.2) is 0 Å². The van der Waals surface area contributed by atoms with Crippen LogP contribution < -0.4 is 26.3 Å². The molecular formula is C18H27BrNO4P. The molecule has 7 heteroatoms. The zero-order chi connectivity index (χ0) is 17.6. The van der Waals surface area contributed by atoms with Gasteiger partial charge < -0.3 is 30.8 Å². The molecule has 0 bridgehead atoms. The molecule has 0 radical (unpaired) electrons. The van der Waals surface area contributed by atoms with E-state index in [-0.39, 0.29) is 17.0 Å². The van der Waals surface area contributed by atoms with Crippen LogP contribution in [0.1, 0.15) is 26.0 Å². The van der Waals surface area contributed by atoms with Crippen molar-refractivity contribution in [3.05, 3.63) is 36.0 Å². The van der Waals surface area contributed by atoms with E-state index in [1.165, 1.54) is 0 Å². The van der Waals surface area contributed by atoms with Crippen molar-refractivity contribution >= 4 is 18.5 Å². The molecule has 0 saturated heterocycles. The summed E-state index contributed by atoms with van der Waals surface area (Å²) in [6, 6.07) is 10.2. The minimum atomic E-state index is -2.98. The van der Waals surface area contributed by atoms with Gasteiger partial charge in [0.05, 0.1) is 31.9 Å². The third kappa shape index (κ3) is 5.78. The molecule has 5 nitrogen and oxygen atoms in total.